The number of benzene rings is 1. The molecule has 1 aliphatic carbocycles. The Kier molecular flexibility index (Phi) is 5.53. The summed E-state index contributed by atoms with van der Waals surface area (Å²) >= 11 is 1.17. The van der Waals surface area contributed by atoms with Crippen LogP contribution in [-0.2, 0) is 4.84 Å². The van der Waals surface area contributed by atoms with Gasteiger partial charge in [-0.25, -0.2) is 17.6 Å². The van der Waals surface area contributed by atoms with E-state index in [0.717, 1.165) is 18.8 Å². The lowest BCUT2D eigenvalue weighted by molar-refractivity contribution is 0.0828. The van der Waals surface area contributed by atoms with Gasteiger partial charge in [0.1, 0.15) is 23.3 Å². The number of likely N-dealkylation sites (tertiary alicyclic amines) is 1. The van der Waals surface area contributed by atoms with Crippen molar-refractivity contribution in [1.29, 1.82) is 0 Å². The van der Waals surface area contributed by atoms with E-state index in [1.165, 1.54) is 11.9 Å². The van der Waals surface area contributed by atoms with Crippen LogP contribution in [0.5, 0.6) is 0 Å². The number of nitrogens with zero attached hydrogens (tertiary/aromatic N) is 3. The van der Waals surface area contributed by atoms with Crippen LogP contribution < -0.4 is 4.72 Å². The molecule has 2 aromatic rings. The lowest BCUT2D eigenvalue weighted by Gasteiger charge is -2.18. The summed E-state index contributed by atoms with van der Waals surface area (Å²) in [6, 6.07) is 3.06. The maximum absolute atomic E-state index is 14.5. The molecule has 5 rings (SSSR count). The average molecular weight is 467 g/mol. The number of halogens is 4. The summed E-state index contributed by atoms with van der Waals surface area (Å²) in [5, 5.41) is 3.07. The normalized spacial score (nSPS) is 23.9. The molecule has 0 amide bonds. The molecule has 1 aromatic heterocycles. The minimum atomic E-state index is -1.12. The second kappa shape index (κ2) is 8.22. The van der Waals surface area contributed by atoms with Gasteiger partial charge in [0.05, 0.1) is 17.7 Å². The molecular weight excluding hydrogens is 444 g/mol. The highest BCUT2D eigenvalue weighted by atomic mass is 32.2. The van der Waals surface area contributed by atoms with Crippen molar-refractivity contribution in [3.63, 3.8) is 0 Å². The van der Waals surface area contributed by atoms with Crippen molar-refractivity contribution in [3.05, 3.63) is 53.1 Å². The predicted octanol–water partition coefficient (Wildman–Crippen LogP) is 5.02. The molecule has 5 nitrogen and oxygen atoms in total. The van der Waals surface area contributed by atoms with Gasteiger partial charge in [0.2, 0.25) is 0 Å². The van der Waals surface area contributed by atoms with Crippen molar-refractivity contribution in [3.8, 4) is 11.1 Å². The number of nitrogens with one attached hydrogen (secondary N) is 1. The van der Waals surface area contributed by atoms with Crippen molar-refractivity contribution in [1.82, 2.24) is 14.6 Å². The maximum atomic E-state index is 14.5. The Morgan fingerprint density at radius 2 is 1.94 bits per heavy atom. The molecular formula is C22H22F4N4OS. The fraction of sp³-hybridized carbons (Fsp3) is 0.455. The summed E-state index contributed by atoms with van der Waals surface area (Å²) in [6.45, 7) is 3.19. The number of pyridine rings is 1. The van der Waals surface area contributed by atoms with E-state index < -0.39 is 28.6 Å². The SMILES string of the molecule is Cc1cnc([C@@H]2CC(N3CC[C@H](NSC4(F)CC4)C3)=NO2)c(-c2c(F)cc(F)cc2F)c1. The van der Waals surface area contributed by atoms with Crippen molar-refractivity contribution in [2.75, 3.05) is 13.1 Å². The van der Waals surface area contributed by atoms with Crippen molar-refractivity contribution < 1.29 is 22.4 Å². The number of oxime groups is 1. The van der Waals surface area contributed by atoms with Crippen LogP contribution in [0.15, 0.2) is 29.6 Å². The number of alkyl halides is 1. The smallest absolute Gasteiger partial charge is 0.177 e. The molecule has 1 aromatic carbocycles. The summed E-state index contributed by atoms with van der Waals surface area (Å²) in [6.07, 6.45) is 3.39. The summed E-state index contributed by atoms with van der Waals surface area (Å²) in [5.41, 5.74) is 0.934. The second-order valence-electron chi connectivity index (χ2n) is 8.53. The van der Waals surface area contributed by atoms with E-state index in [4.69, 9.17) is 4.84 Å². The van der Waals surface area contributed by atoms with E-state index in [0.29, 0.717) is 49.2 Å². The second-order valence-corrected chi connectivity index (χ2v) is 9.70. The van der Waals surface area contributed by atoms with Gasteiger partial charge in [-0.15, -0.1) is 0 Å². The molecule has 0 bridgehead atoms. The van der Waals surface area contributed by atoms with E-state index in [-0.39, 0.29) is 17.2 Å². The van der Waals surface area contributed by atoms with Crippen molar-refractivity contribution >= 4 is 17.8 Å². The Balaban J connectivity index is 1.31. The van der Waals surface area contributed by atoms with Gasteiger partial charge in [-0.05, 0) is 49.8 Å². The molecule has 0 unspecified atom stereocenters. The first-order chi connectivity index (χ1) is 15.3. The third-order valence-corrected chi connectivity index (χ3v) is 7.12. The van der Waals surface area contributed by atoms with Gasteiger partial charge in [0.25, 0.3) is 0 Å². The highest BCUT2D eigenvalue weighted by Crippen LogP contribution is 2.48. The number of hydrogen-bond acceptors (Lipinski definition) is 6. The molecule has 0 radical (unpaired) electrons. The van der Waals surface area contributed by atoms with E-state index >= 15 is 0 Å². The predicted molar refractivity (Wildman–Crippen MR) is 114 cm³/mol. The first-order valence-electron chi connectivity index (χ1n) is 10.5. The first-order valence-corrected chi connectivity index (χ1v) is 11.3. The Morgan fingerprint density at radius 1 is 1.19 bits per heavy atom. The molecule has 10 heteroatoms. The van der Waals surface area contributed by atoms with Gasteiger partial charge in [-0.2, -0.15) is 0 Å². The lowest BCUT2D eigenvalue weighted by atomic mass is 9.97. The molecule has 1 saturated carbocycles. The summed E-state index contributed by atoms with van der Waals surface area (Å²) < 4.78 is 59.5. The van der Waals surface area contributed by atoms with E-state index in [2.05, 4.69) is 19.8 Å². The van der Waals surface area contributed by atoms with Crippen LogP contribution in [0.3, 0.4) is 0 Å². The molecule has 32 heavy (non-hydrogen) atoms. The van der Waals surface area contributed by atoms with Crippen LogP contribution in [0.2, 0.25) is 0 Å². The van der Waals surface area contributed by atoms with Crippen LogP contribution in [0.25, 0.3) is 11.1 Å². The molecule has 3 heterocycles. The van der Waals surface area contributed by atoms with Gasteiger partial charge in [0.15, 0.2) is 11.1 Å². The molecule has 2 fully saturated rings. The Morgan fingerprint density at radius 3 is 2.66 bits per heavy atom. The van der Waals surface area contributed by atoms with E-state index in [9.17, 15) is 17.6 Å². The molecule has 1 saturated heterocycles. The largest absolute Gasteiger partial charge is 0.384 e. The molecule has 0 spiro atoms. The Bertz CT molecular complexity index is 1050. The fourth-order valence-corrected chi connectivity index (χ4v) is 4.89. The first kappa shape index (κ1) is 21.5. The molecule has 2 atom stereocenters. The van der Waals surface area contributed by atoms with E-state index in [1.54, 1.807) is 19.2 Å². The summed E-state index contributed by atoms with van der Waals surface area (Å²) in [4.78, 5) is 12.1. The summed E-state index contributed by atoms with van der Waals surface area (Å²) in [7, 11) is 0. The fourth-order valence-electron chi connectivity index (χ4n) is 4.01. The highest BCUT2D eigenvalue weighted by Gasteiger charge is 2.45. The number of hydrogen-bond donors (Lipinski definition) is 1. The van der Waals surface area contributed by atoms with Crippen LogP contribution in [0.1, 0.15) is 43.0 Å². The Labute approximate surface area is 187 Å². The topological polar surface area (TPSA) is 49.8 Å². The highest BCUT2D eigenvalue weighted by molar-refractivity contribution is 7.98. The number of aromatic nitrogens is 1. The third-order valence-electron chi connectivity index (χ3n) is 5.89. The van der Waals surface area contributed by atoms with Crippen molar-refractivity contribution in [2.45, 2.75) is 49.8 Å². The standard InChI is InChI=1S/C22H22F4N4OS/c1-12-6-15(20-16(24)7-13(23)8-17(20)25)21(27-10-12)18-9-19(28-31-18)30-5-2-14(11-30)29-32-22(26)3-4-22/h6-8,10,14,18,29H,2-5,9,11H2,1H3/t14-,18-/m0/s1. The van der Waals surface area contributed by atoms with Gasteiger partial charge in [0, 0.05) is 43.0 Å². The monoisotopic (exact) mass is 466 g/mol. The molecule has 3 aliphatic rings. The van der Waals surface area contributed by atoms with E-state index in [1.807, 2.05) is 0 Å². The third kappa shape index (κ3) is 4.30. The van der Waals surface area contributed by atoms with Crippen LogP contribution in [-0.4, -0.2) is 39.9 Å². The number of aryl methyl sites for hydroxylation is 1. The number of amidine groups is 1. The van der Waals surface area contributed by atoms with Gasteiger partial charge >= 0.3 is 0 Å². The van der Waals surface area contributed by atoms with Gasteiger partial charge in [-0.1, -0.05) is 5.16 Å². The average Bonchev–Trinajstić information content (AvgIpc) is 3.13. The summed E-state index contributed by atoms with van der Waals surface area (Å²) in [5.74, 6) is -2.26. The Hall–Kier alpha value is -2.33. The van der Waals surface area contributed by atoms with Gasteiger partial charge in [-0.3, -0.25) is 9.71 Å². The minimum Gasteiger partial charge on any atom is -0.384 e. The molecule has 1 N–H and O–H groups in total. The van der Waals surface area contributed by atoms with Crippen molar-refractivity contribution in [2.24, 2.45) is 5.16 Å². The van der Waals surface area contributed by atoms with Gasteiger partial charge < -0.3 is 9.74 Å². The quantitative estimate of drug-likeness (QED) is 0.495. The molecule has 2 aliphatic heterocycles. The zero-order chi connectivity index (χ0) is 22.5. The van der Waals surface area contributed by atoms with Crippen LogP contribution in [0.4, 0.5) is 17.6 Å². The minimum absolute atomic E-state index is 0.144. The van der Waals surface area contributed by atoms with Crippen LogP contribution >= 0.6 is 11.9 Å². The molecule has 170 valence electrons. The lowest BCUT2D eigenvalue weighted by Crippen LogP contribution is -2.32. The number of rotatable bonds is 5. The van der Waals surface area contributed by atoms with Crippen LogP contribution in [0, 0.1) is 24.4 Å². The zero-order valence-electron chi connectivity index (χ0n) is 17.4. The zero-order valence-corrected chi connectivity index (χ0v) is 18.2. The maximum Gasteiger partial charge on any atom is 0.177 e.